The molecule has 0 spiro atoms. The van der Waals surface area contributed by atoms with Gasteiger partial charge in [0.05, 0.1) is 21.5 Å². The van der Waals surface area contributed by atoms with Crippen molar-refractivity contribution in [1.82, 2.24) is 0 Å². The number of anilines is 2. The maximum atomic E-state index is 13.4. The molecule has 0 saturated carbocycles. The zero-order valence-electron chi connectivity index (χ0n) is 11.0. The van der Waals surface area contributed by atoms with Gasteiger partial charge in [0.1, 0.15) is 11.6 Å². The van der Waals surface area contributed by atoms with E-state index in [0.29, 0.717) is 5.69 Å². The van der Waals surface area contributed by atoms with Gasteiger partial charge in [0.25, 0.3) is 0 Å². The Hall–Kier alpha value is -1.50. The van der Waals surface area contributed by atoms with E-state index >= 15 is 0 Å². The van der Waals surface area contributed by atoms with E-state index in [9.17, 15) is 13.6 Å². The van der Waals surface area contributed by atoms with Crippen LogP contribution in [0, 0.1) is 11.6 Å². The lowest BCUT2D eigenvalue weighted by molar-refractivity contribution is -0.113. The molecule has 1 amide bonds. The molecule has 0 fully saturated rings. The van der Waals surface area contributed by atoms with Crippen LogP contribution in [0.15, 0.2) is 35.2 Å². The third-order valence-corrected chi connectivity index (χ3v) is 4.29. The number of benzene rings is 2. The van der Waals surface area contributed by atoms with Gasteiger partial charge in [0.15, 0.2) is 0 Å². The summed E-state index contributed by atoms with van der Waals surface area (Å²) in [5.74, 6) is -1.82. The second-order valence-corrected chi connectivity index (χ2v) is 6.10. The molecule has 3 nitrogen and oxygen atoms in total. The number of carbonyl (C=O) groups excluding carboxylic acids is 1. The zero-order valence-corrected chi connectivity index (χ0v) is 13.3. The molecule has 0 saturated heterocycles. The van der Waals surface area contributed by atoms with Crippen molar-refractivity contribution in [1.29, 1.82) is 0 Å². The number of nitrogen functional groups attached to an aromatic ring is 1. The van der Waals surface area contributed by atoms with E-state index in [2.05, 4.69) is 5.32 Å². The Morgan fingerprint density at radius 1 is 1.18 bits per heavy atom. The van der Waals surface area contributed by atoms with Crippen LogP contribution in [0.5, 0.6) is 0 Å². The molecule has 8 heteroatoms. The fraction of sp³-hybridized carbons (Fsp3) is 0.0714. The van der Waals surface area contributed by atoms with Crippen LogP contribution in [0.2, 0.25) is 10.0 Å². The number of hydrogen-bond acceptors (Lipinski definition) is 3. The van der Waals surface area contributed by atoms with Gasteiger partial charge in [0.2, 0.25) is 5.91 Å². The summed E-state index contributed by atoms with van der Waals surface area (Å²) in [6.07, 6.45) is 0. The number of carbonyl (C=O) groups is 1. The minimum atomic E-state index is -0.712. The van der Waals surface area contributed by atoms with Gasteiger partial charge < -0.3 is 11.1 Å². The highest BCUT2D eigenvalue weighted by atomic mass is 35.5. The van der Waals surface area contributed by atoms with E-state index in [4.69, 9.17) is 28.9 Å². The van der Waals surface area contributed by atoms with Gasteiger partial charge in [0, 0.05) is 16.6 Å². The summed E-state index contributed by atoms with van der Waals surface area (Å²) in [5, 5.41) is 3.02. The highest BCUT2D eigenvalue weighted by Crippen LogP contribution is 2.31. The normalized spacial score (nSPS) is 10.5. The minimum absolute atomic E-state index is 0.0534. The Balaban J connectivity index is 1.99. The van der Waals surface area contributed by atoms with Crippen LogP contribution in [-0.4, -0.2) is 11.7 Å². The van der Waals surface area contributed by atoms with Crippen molar-refractivity contribution >= 4 is 52.2 Å². The molecule has 2 aromatic carbocycles. The second kappa shape index (κ2) is 7.17. The predicted octanol–water partition coefficient (Wildman–Crippen LogP) is 4.58. The summed E-state index contributed by atoms with van der Waals surface area (Å²) in [4.78, 5) is 12.0. The van der Waals surface area contributed by atoms with Crippen molar-refractivity contribution in [2.24, 2.45) is 0 Å². The Kier molecular flexibility index (Phi) is 5.50. The van der Waals surface area contributed by atoms with E-state index in [1.807, 2.05) is 0 Å². The SMILES string of the molecule is Nc1c(Cl)cc(NC(=O)CSc2ccc(F)cc2F)cc1Cl. The van der Waals surface area contributed by atoms with E-state index in [-0.39, 0.29) is 32.3 Å². The first-order chi connectivity index (χ1) is 10.4. The lowest BCUT2D eigenvalue weighted by Crippen LogP contribution is -2.14. The lowest BCUT2D eigenvalue weighted by Gasteiger charge is -2.08. The Morgan fingerprint density at radius 2 is 1.82 bits per heavy atom. The topological polar surface area (TPSA) is 55.1 Å². The number of nitrogens with one attached hydrogen (secondary N) is 1. The van der Waals surface area contributed by atoms with Gasteiger partial charge in [-0.05, 0) is 24.3 Å². The van der Waals surface area contributed by atoms with E-state index in [1.54, 1.807) is 0 Å². The second-order valence-electron chi connectivity index (χ2n) is 4.27. The fourth-order valence-corrected chi connectivity index (χ4v) is 2.80. The van der Waals surface area contributed by atoms with Crippen molar-refractivity contribution in [3.8, 4) is 0 Å². The summed E-state index contributed by atoms with van der Waals surface area (Å²) in [6, 6.07) is 6.09. The molecule has 3 N–H and O–H groups in total. The molecule has 2 aromatic rings. The molecule has 0 bridgehead atoms. The molecule has 0 unspecified atom stereocenters. The van der Waals surface area contributed by atoms with Crippen LogP contribution in [0.1, 0.15) is 0 Å². The molecule has 0 radical (unpaired) electrons. The molecule has 0 aromatic heterocycles. The summed E-state index contributed by atoms with van der Waals surface area (Å²) in [7, 11) is 0. The van der Waals surface area contributed by atoms with Crippen LogP contribution in [0.4, 0.5) is 20.2 Å². The summed E-state index contributed by atoms with van der Waals surface area (Å²) in [5.41, 5.74) is 6.20. The molecule has 0 heterocycles. The average Bonchev–Trinajstić information content (AvgIpc) is 2.43. The van der Waals surface area contributed by atoms with Crippen molar-refractivity contribution < 1.29 is 13.6 Å². The molecule has 0 aliphatic heterocycles. The van der Waals surface area contributed by atoms with Gasteiger partial charge >= 0.3 is 0 Å². The number of nitrogens with two attached hydrogens (primary N) is 1. The first kappa shape index (κ1) is 16.9. The number of thioether (sulfide) groups is 1. The first-order valence-electron chi connectivity index (χ1n) is 5.99. The summed E-state index contributed by atoms with van der Waals surface area (Å²) < 4.78 is 26.2. The third kappa shape index (κ3) is 4.25. The van der Waals surface area contributed by atoms with E-state index < -0.39 is 11.6 Å². The first-order valence-corrected chi connectivity index (χ1v) is 7.73. The van der Waals surface area contributed by atoms with E-state index in [0.717, 1.165) is 23.9 Å². The molecular formula is C14H10Cl2F2N2OS. The molecule has 116 valence electrons. The Morgan fingerprint density at radius 3 is 2.41 bits per heavy atom. The van der Waals surface area contributed by atoms with Crippen molar-refractivity contribution in [3.63, 3.8) is 0 Å². The standard InChI is InChI=1S/C14H10Cl2F2N2OS/c15-9-4-8(5-10(16)14(9)19)20-13(21)6-22-12-2-1-7(17)3-11(12)18/h1-5H,6,19H2,(H,20,21). The molecule has 0 atom stereocenters. The third-order valence-electron chi connectivity index (χ3n) is 2.62. The molecule has 0 aliphatic rings. The number of amides is 1. The minimum Gasteiger partial charge on any atom is -0.396 e. The molecular weight excluding hydrogens is 353 g/mol. The lowest BCUT2D eigenvalue weighted by atomic mass is 10.3. The highest BCUT2D eigenvalue weighted by Gasteiger charge is 2.10. The van der Waals surface area contributed by atoms with Crippen LogP contribution >= 0.6 is 35.0 Å². The van der Waals surface area contributed by atoms with Crippen LogP contribution < -0.4 is 11.1 Å². The monoisotopic (exact) mass is 362 g/mol. The van der Waals surface area contributed by atoms with Crippen LogP contribution in [0.3, 0.4) is 0 Å². The molecule has 22 heavy (non-hydrogen) atoms. The molecule has 0 aliphatic carbocycles. The maximum Gasteiger partial charge on any atom is 0.234 e. The highest BCUT2D eigenvalue weighted by molar-refractivity contribution is 8.00. The Bertz CT molecular complexity index is 705. The molecule has 2 rings (SSSR count). The quantitative estimate of drug-likeness (QED) is 0.617. The summed E-state index contributed by atoms with van der Waals surface area (Å²) in [6.45, 7) is 0. The zero-order chi connectivity index (χ0) is 16.3. The van der Waals surface area contributed by atoms with Crippen LogP contribution in [0.25, 0.3) is 0 Å². The van der Waals surface area contributed by atoms with Gasteiger partial charge in [-0.1, -0.05) is 23.2 Å². The van der Waals surface area contributed by atoms with Crippen molar-refractivity contribution in [3.05, 3.63) is 52.0 Å². The van der Waals surface area contributed by atoms with Gasteiger partial charge in [-0.2, -0.15) is 0 Å². The van der Waals surface area contributed by atoms with Gasteiger partial charge in [-0.25, -0.2) is 8.78 Å². The average molecular weight is 363 g/mol. The van der Waals surface area contributed by atoms with Crippen molar-refractivity contribution in [2.45, 2.75) is 4.90 Å². The number of halogens is 4. The summed E-state index contributed by atoms with van der Waals surface area (Å²) >= 11 is 12.7. The van der Waals surface area contributed by atoms with Crippen LogP contribution in [-0.2, 0) is 4.79 Å². The van der Waals surface area contributed by atoms with Gasteiger partial charge in [-0.3, -0.25) is 4.79 Å². The number of rotatable bonds is 4. The van der Waals surface area contributed by atoms with Crippen molar-refractivity contribution in [2.75, 3.05) is 16.8 Å². The smallest absolute Gasteiger partial charge is 0.234 e. The number of hydrogen-bond donors (Lipinski definition) is 2. The largest absolute Gasteiger partial charge is 0.396 e. The Labute approximate surface area is 139 Å². The predicted molar refractivity (Wildman–Crippen MR) is 86.6 cm³/mol. The van der Waals surface area contributed by atoms with E-state index in [1.165, 1.54) is 18.2 Å². The maximum absolute atomic E-state index is 13.4. The van der Waals surface area contributed by atoms with Gasteiger partial charge in [-0.15, -0.1) is 11.8 Å². The fourth-order valence-electron chi connectivity index (χ4n) is 1.59.